The molecule has 0 spiro atoms. The van der Waals surface area contributed by atoms with Crippen LogP contribution in [-0.2, 0) is 11.3 Å². The molecule has 0 unspecified atom stereocenters. The first-order chi connectivity index (χ1) is 12.6. The molecule has 0 saturated heterocycles. The van der Waals surface area contributed by atoms with Gasteiger partial charge in [-0.3, -0.25) is 9.59 Å². The number of anilines is 1. The van der Waals surface area contributed by atoms with Gasteiger partial charge in [-0.1, -0.05) is 12.2 Å². The van der Waals surface area contributed by atoms with Crippen molar-refractivity contribution in [3.63, 3.8) is 0 Å². The first kappa shape index (κ1) is 18.5. The number of carbonyl (C=O) groups is 2. The summed E-state index contributed by atoms with van der Waals surface area (Å²) in [6.07, 6.45) is 9.93. The lowest BCUT2D eigenvalue weighted by Crippen LogP contribution is -2.20. The van der Waals surface area contributed by atoms with Crippen LogP contribution in [0.3, 0.4) is 0 Å². The van der Waals surface area contributed by atoms with Gasteiger partial charge in [0.2, 0.25) is 5.91 Å². The Hall–Kier alpha value is -3.81. The van der Waals surface area contributed by atoms with Crippen LogP contribution in [0.2, 0.25) is 0 Å². The van der Waals surface area contributed by atoms with E-state index in [1.54, 1.807) is 18.2 Å². The fraction of sp³-hybridized carbons (Fsp3) is 0.0556. The maximum absolute atomic E-state index is 12.1. The van der Waals surface area contributed by atoms with Crippen LogP contribution in [0.25, 0.3) is 0 Å². The normalized spacial score (nSPS) is 10.8. The lowest BCUT2D eigenvalue weighted by Gasteiger charge is -2.07. The molecule has 0 saturated carbocycles. The maximum Gasteiger partial charge on any atom is 0.279 e. The Kier molecular flexibility index (Phi) is 6.75. The molecule has 0 fully saturated rings. The van der Waals surface area contributed by atoms with E-state index in [-0.39, 0.29) is 29.7 Å². The molecule has 0 aliphatic carbocycles. The van der Waals surface area contributed by atoms with Crippen molar-refractivity contribution in [2.24, 2.45) is 0 Å². The molecule has 0 radical (unpaired) electrons. The highest BCUT2D eigenvalue weighted by Crippen LogP contribution is 2.15. The van der Waals surface area contributed by atoms with Crippen LogP contribution in [0.4, 0.5) is 5.82 Å². The molecular formula is C18H17N5O3. The number of amides is 2. The van der Waals surface area contributed by atoms with E-state index in [2.05, 4.69) is 20.6 Å². The zero-order chi connectivity index (χ0) is 18.8. The summed E-state index contributed by atoms with van der Waals surface area (Å²) in [5.74, 6) is -0.827. The second kappa shape index (κ2) is 9.48. The third kappa shape index (κ3) is 5.68. The number of allylic oxidation sites excluding steroid dienone is 3. The minimum Gasteiger partial charge on any atom is -0.505 e. The number of aromatic nitrogens is 2. The van der Waals surface area contributed by atoms with Gasteiger partial charge in [-0.05, 0) is 35.9 Å². The Balaban J connectivity index is 1.95. The van der Waals surface area contributed by atoms with Crippen LogP contribution in [-0.4, -0.2) is 33.1 Å². The topological polar surface area (TPSA) is 128 Å². The number of pyridine rings is 2. The van der Waals surface area contributed by atoms with E-state index < -0.39 is 5.91 Å². The predicted molar refractivity (Wildman–Crippen MR) is 97.0 cm³/mol. The molecule has 8 heteroatoms. The molecule has 2 heterocycles. The van der Waals surface area contributed by atoms with E-state index in [0.717, 1.165) is 11.8 Å². The van der Waals surface area contributed by atoms with Crippen molar-refractivity contribution in [2.75, 3.05) is 5.32 Å². The summed E-state index contributed by atoms with van der Waals surface area (Å²) in [6.45, 7) is 0.248. The van der Waals surface area contributed by atoms with Gasteiger partial charge in [0.05, 0.1) is 0 Å². The van der Waals surface area contributed by atoms with Crippen LogP contribution in [0.15, 0.2) is 61.0 Å². The first-order valence-corrected chi connectivity index (χ1v) is 7.62. The molecule has 0 aromatic carbocycles. The summed E-state index contributed by atoms with van der Waals surface area (Å²) >= 11 is 0. The first-order valence-electron chi connectivity index (χ1n) is 7.62. The Labute approximate surface area is 149 Å². The number of nitrogens with one attached hydrogen (secondary N) is 3. The Bertz CT molecular complexity index is 861. The molecule has 2 rings (SSSR count). The van der Waals surface area contributed by atoms with Crippen LogP contribution in [0.1, 0.15) is 16.1 Å². The highest BCUT2D eigenvalue weighted by molar-refractivity contribution is 6.04. The second-order valence-corrected chi connectivity index (χ2v) is 5.00. The Morgan fingerprint density at radius 3 is 2.77 bits per heavy atom. The standard InChI is InChI=1S/C18H17N5O3/c19-8-3-1-2-6-16(25)22-12-13-7-10-20-15(11-13)23-18(26)17-14(24)5-4-9-21-17/h1-11,19,24H,12H2,(H,22,25)(H,20,23,26)/b3-1-,6-2+,19-8?. The van der Waals surface area contributed by atoms with Gasteiger partial charge in [-0.15, -0.1) is 0 Å². The van der Waals surface area contributed by atoms with E-state index in [0.29, 0.717) is 0 Å². The van der Waals surface area contributed by atoms with Gasteiger partial charge in [0.1, 0.15) is 11.6 Å². The predicted octanol–water partition coefficient (Wildman–Crippen LogP) is 1.81. The molecule has 4 N–H and O–H groups in total. The van der Waals surface area contributed by atoms with Crippen LogP contribution < -0.4 is 10.6 Å². The minimum atomic E-state index is -0.585. The lowest BCUT2D eigenvalue weighted by atomic mass is 10.2. The molecule has 8 nitrogen and oxygen atoms in total. The van der Waals surface area contributed by atoms with Crippen molar-refractivity contribution in [2.45, 2.75) is 6.54 Å². The van der Waals surface area contributed by atoms with Gasteiger partial charge in [-0.2, -0.15) is 0 Å². The summed E-state index contributed by atoms with van der Waals surface area (Å²) in [6, 6.07) is 6.19. The van der Waals surface area contributed by atoms with Crippen molar-refractivity contribution in [3.05, 3.63) is 72.2 Å². The number of nitrogens with zero attached hydrogens (tertiary/aromatic N) is 2. The lowest BCUT2D eigenvalue weighted by molar-refractivity contribution is -0.116. The van der Waals surface area contributed by atoms with Crippen molar-refractivity contribution >= 4 is 23.8 Å². The van der Waals surface area contributed by atoms with Crippen molar-refractivity contribution in [1.29, 1.82) is 5.41 Å². The quantitative estimate of drug-likeness (QED) is 0.344. The van der Waals surface area contributed by atoms with E-state index in [1.807, 2.05) is 0 Å². The summed E-state index contributed by atoms with van der Waals surface area (Å²) in [5.41, 5.74) is 0.633. The third-order valence-corrected chi connectivity index (χ3v) is 3.10. The number of hydrogen-bond donors (Lipinski definition) is 4. The largest absolute Gasteiger partial charge is 0.505 e. The SMILES string of the molecule is N=C/C=C\C=C\C(=O)NCc1ccnc(NC(=O)c2ncccc2O)c1. The van der Waals surface area contributed by atoms with E-state index in [9.17, 15) is 14.7 Å². The zero-order valence-electron chi connectivity index (χ0n) is 13.7. The van der Waals surface area contributed by atoms with Crippen LogP contribution in [0.5, 0.6) is 5.75 Å². The highest BCUT2D eigenvalue weighted by Gasteiger charge is 2.13. The van der Waals surface area contributed by atoms with Gasteiger partial charge < -0.3 is 21.1 Å². The average molecular weight is 351 g/mol. The number of aromatic hydroxyl groups is 1. The maximum atomic E-state index is 12.1. The molecule has 0 aliphatic rings. The summed E-state index contributed by atoms with van der Waals surface area (Å²) < 4.78 is 0. The molecule has 0 atom stereocenters. The van der Waals surface area contributed by atoms with Crippen molar-refractivity contribution < 1.29 is 14.7 Å². The van der Waals surface area contributed by atoms with Gasteiger partial charge in [0, 0.05) is 31.2 Å². The number of carbonyl (C=O) groups excluding carboxylic acids is 2. The molecule has 132 valence electrons. The molecule has 26 heavy (non-hydrogen) atoms. The number of rotatable bonds is 7. The molecular weight excluding hydrogens is 334 g/mol. The summed E-state index contributed by atoms with van der Waals surface area (Å²) in [7, 11) is 0. The fourth-order valence-electron chi connectivity index (χ4n) is 1.91. The summed E-state index contributed by atoms with van der Waals surface area (Å²) in [5, 5.41) is 21.7. The molecule has 0 aliphatic heterocycles. The van der Waals surface area contributed by atoms with Gasteiger partial charge in [0.15, 0.2) is 5.69 Å². The average Bonchev–Trinajstić information content (AvgIpc) is 2.64. The Morgan fingerprint density at radius 1 is 1.15 bits per heavy atom. The molecule has 2 aromatic rings. The van der Waals surface area contributed by atoms with Crippen LogP contribution >= 0.6 is 0 Å². The summed E-state index contributed by atoms with van der Waals surface area (Å²) in [4.78, 5) is 31.6. The fourth-order valence-corrected chi connectivity index (χ4v) is 1.91. The van der Waals surface area contributed by atoms with E-state index >= 15 is 0 Å². The third-order valence-electron chi connectivity index (χ3n) is 3.10. The van der Waals surface area contributed by atoms with Crippen molar-refractivity contribution in [1.82, 2.24) is 15.3 Å². The molecule has 2 aromatic heterocycles. The smallest absolute Gasteiger partial charge is 0.279 e. The Morgan fingerprint density at radius 2 is 2.00 bits per heavy atom. The van der Waals surface area contributed by atoms with E-state index in [4.69, 9.17) is 5.41 Å². The second-order valence-electron chi connectivity index (χ2n) is 5.00. The van der Waals surface area contributed by atoms with Crippen LogP contribution in [0, 0.1) is 5.41 Å². The van der Waals surface area contributed by atoms with Gasteiger partial charge >= 0.3 is 0 Å². The molecule has 0 bridgehead atoms. The number of hydrogen-bond acceptors (Lipinski definition) is 6. The monoisotopic (exact) mass is 351 g/mol. The van der Waals surface area contributed by atoms with Crippen molar-refractivity contribution in [3.8, 4) is 5.75 Å². The minimum absolute atomic E-state index is 0.101. The zero-order valence-corrected chi connectivity index (χ0v) is 13.7. The van der Waals surface area contributed by atoms with E-state index in [1.165, 1.54) is 42.8 Å². The van der Waals surface area contributed by atoms with Gasteiger partial charge in [-0.25, -0.2) is 9.97 Å². The highest BCUT2D eigenvalue weighted by atomic mass is 16.3. The molecule has 2 amide bonds. The van der Waals surface area contributed by atoms with Gasteiger partial charge in [0.25, 0.3) is 5.91 Å².